The van der Waals surface area contributed by atoms with Crippen molar-refractivity contribution in [2.45, 2.75) is 43.9 Å². The first-order chi connectivity index (χ1) is 9.43. The summed E-state index contributed by atoms with van der Waals surface area (Å²) in [6, 6.07) is 5.29. The molecule has 0 radical (unpaired) electrons. The summed E-state index contributed by atoms with van der Waals surface area (Å²) < 4.78 is 6.02. The van der Waals surface area contributed by atoms with Gasteiger partial charge in [-0.05, 0) is 49.1 Å². The van der Waals surface area contributed by atoms with E-state index in [9.17, 15) is 0 Å². The predicted molar refractivity (Wildman–Crippen MR) is 79.4 cm³/mol. The van der Waals surface area contributed by atoms with E-state index in [1.54, 1.807) is 0 Å². The zero-order valence-corrected chi connectivity index (χ0v) is 12.1. The molecular formula is C15H22N2OS. The fourth-order valence-corrected chi connectivity index (χ4v) is 4.09. The van der Waals surface area contributed by atoms with Gasteiger partial charge in [0.2, 0.25) is 0 Å². The Labute approximate surface area is 119 Å². The van der Waals surface area contributed by atoms with Crippen molar-refractivity contribution in [3.8, 4) is 0 Å². The van der Waals surface area contributed by atoms with Crippen LogP contribution in [0.25, 0.3) is 0 Å². The van der Waals surface area contributed by atoms with Crippen molar-refractivity contribution in [3.63, 3.8) is 0 Å². The number of thioether (sulfide) groups is 1. The lowest BCUT2D eigenvalue weighted by Gasteiger charge is -2.36. The van der Waals surface area contributed by atoms with Gasteiger partial charge in [0.25, 0.3) is 0 Å². The molecule has 3 heterocycles. The molecule has 2 saturated heterocycles. The summed E-state index contributed by atoms with van der Waals surface area (Å²) in [7, 11) is 0. The summed E-state index contributed by atoms with van der Waals surface area (Å²) in [4.78, 5) is 4.10. The van der Waals surface area contributed by atoms with Crippen molar-refractivity contribution in [2.24, 2.45) is 0 Å². The molecule has 0 saturated carbocycles. The predicted octanol–water partition coefficient (Wildman–Crippen LogP) is 2.79. The average molecular weight is 278 g/mol. The maximum Gasteiger partial charge on any atom is 0.0978 e. The third-order valence-electron chi connectivity index (χ3n) is 3.97. The van der Waals surface area contributed by atoms with Gasteiger partial charge in [-0.3, -0.25) is 4.98 Å². The van der Waals surface area contributed by atoms with Crippen LogP contribution in [-0.2, 0) is 4.74 Å². The highest BCUT2D eigenvalue weighted by atomic mass is 32.2. The van der Waals surface area contributed by atoms with Gasteiger partial charge in [0.1, 0.15) is 0 Å². The fourth-order valence-electron chi connectivity index (χ4n) is 3.01. The lowest BCUT2D eigenvalue weighted by molar-refractivity contribution is -0.0135. The molecule has 2 aliphatic heterocycles. The Kier molecular flexibility index (Phi) is 4.75. The summed E-state index contributed by atoms with van der Waals surface area (Å²) in [5.41, 5.74) is 1.26. The van der Waals surface area contributed by atoms with E-state index < -0.39 is 0 Å². The van der Waals surface area contributed by atoms with E-state index in [1.165, 1.54) is 42.8 Å². The van der Waals surface area contributed by atoms with Crippen LogP contribution in [-0.4, -0.2) is 35.2 Å². The largest absolute Gasteiger partial charge is 0.372 e. The number of rotatable bonds is 3. The quantitative estimate of drug-likeness (QED) is 0.922. The van der Waals surface area contributed by atoms with Crippen LogP contribution in [0.2, 0.25) is 0 Å². The van der Waals surface area contributed by atoms with Gasteiger partial charge in [0, 0.05) is 36.8 Å². The highest BCUT2D eigenvalue weighted by Crippen LogP contribution is 2.29. The zero-order valence-electron chi connectivity index (χ0n) is 11.3. The molecule has 3 atom stereocenters. The van der Waals surface area contributed by atoms with Gasteiger partial charge in [-0.1, -0.05) is 0 Å². The molecule has 3 nitrogen and oxygen atoms in total. The molecule has 1 aromatic rings. The minimum absolute atomic E-state index is 0.198. The number of ether oxygens (including phenoxy) is 1. The van der Waals surface area contributed by atoms with E-state index in [0.717, 1.165) is 6.61 Å². The van der Waals surface area contributed by atoms with E-state index in [1.807, 2.05) is 12.4 Å². The lowest BCUT2D eigenvalue weighted by atomic mass is 9.95. The van der Waals surface area contributed by atoms with Crippen molar-refractivity contribution >= 4 is 11.8 Å². The van der Waals surface area contributed by atoms with Gasteiger partial charge < -0.3 is 10.1 Å². The average Bonchev–Trinajstić information content (AvgIpc) is 2.50. The van der Waals surface area contributed by atoms with Gasteiger partial charge in [-0.25, -0.2) is 0 Å². The second-order valence-corrected chi connectivity index (χ2v) is 6.55. The summed E-state index contributed by atoms with van der Waals surface area (Å²) in [5.74, 6) is 2.58. The van der Waals surface area contributed by atoms with Crippen LogP contribution in [0.1, 0.15) is 37.4 Å². The number of pyridine rings is 1. The minimum Gasteiger partial charge on any atom is -0.372 e. The first kappa shape index (κ1) is 13.4. The second-order valence-electron chi connectivity index (χ2n) is 5.40. The number of aromatic nitrogens is 1. The Hall–Kier alpha value is -0.580. The summed E-state index contributed by atoms with van der Waals surface area (Å²) in [6.45, 7) is 0.880. The van der Waals surface area contributed by atoms with Crippen molar-refractivity contribution in [3.05, 3.63) is 30.1 Å². The molecule has 4 heteroatoms. The molecule has 0 spiro atoms. The third-order valence-corrected chi connectivity index (χ3v) is 5.18. The fraction of sp³-hybridized carbons (Fsp3) is 0.667. The molecule has 1 N–H and O–H groups in total. The van der Waals surface area contributed by atoms with Crippen molar-refractivity contribution in [2.75, 3.05) is 18.1 Å². The zero-order chi connectivity index (χ0) is 12.9. The Balaban J connectivity index is 1.66. The maximum absolute atomic E-state index is 6.02. The molecule has 1 aromatic heterocycles. The molecule has 0 unspecified atom stereocenters. The van der Waals surface area contributed by atoms with E-state index in [-0.39, 0.29) is 6.10 Å². The normalized spacial score (nSPS) is 32.1. The topological polar surface area (TPSA) is 34.1 Å². The van der Waals surface area contributed by atoms with E-state index in [4.69, 9.17) is 4.74 Å². The summed E-state index contributed by atoms with van der Waals surface area (Å²) in [6.07, 6.45) is 8.96. The molecule has 0 aromatic carbocycles. The van der Waals surface area contributed by atoms with E-state index in [0.29, 0.717) is 12.1 Å². The first-order valence-electron chi connectivity index (χ1n) is 7.29. The molecule has 0 amide bonds. The van der Waals surface area contributed by atoms with Gasteiger partial charge in [0.05, 0.1) is 6.10 Å². The summed E-state index contributed by atoms with van der Waals surface area (Å²) >= 11 is 2.08. The SMILES string of the molecule is c1cc([C@H]2OCCC[C@@H]2N[C@H]2CCCSC2)ccn1. The molecular weight excluding hydrogens is 256 g/mol. The number of nitrogens with one attached hydrogen (secondary N) is 1. The minimum atomic E-state index is 0.198. The van der Waals surface area contributed by atoms with Gasteiger partial charge >= 0.3 is 0 Å². The van der Waals surface area contributed by atoms with Gasteiger partial charge in [-0.2, -0.15) is 11.8 Å². The third kappa shape index (κ3) is 3.50. The van der Waals surface area contributed by atoms with Crippen LogP contribution < -0.4 is 5.32 Å². The Morgan fingerprint density at radius 1 is 1.21 bits per heavy atom. The number of hydrogen-bond donors (Lipinski definition) is 1. The molecule has 19 heavy (non-hydrogen) atoms. The standard InChI is InChI=1S/C15H22N2OS/c1-4-14(17-13-3-2-10-19-11-13)15(18-9-1)12-5-7-16-8-6-12/h5-8,13-15,17H,1-4,9-11H2/t13-,14-,15+/m0/s1. The molecule has 0 aliphatic carbocycles. The van der Waals surface area contributed by atoms with Crippen LogP contribution in [0.4, 0.5) is 0 Å². The molecule has 2 aliphatic rings. The first-order valence-corrected chi connectivity index (χ1v) is 8.44. The number of hydrogen-bond acceptors (Lipinski definition) is 4. The summed E-state index contributed by atoms with van der Waals surface area (Å²) in [5, 5.41) is 3.84. The van der Waals surface area contributed by atoms with Gasteiger partial charge in [-0.15, -0.1) is 0 Å². The molecule has 3 rings (SSSR count). The Morgan fingerprint density at radius 2 is 2.11 bits per heavy atom. The van der Waals surface area contributed by atoms with Crippen molar-refractivity contribution < 1.29 is 4.74 Å². The lowest BCUT2D eigenvalue weighted by Crippen LogP contribution is -2.46. The van der Waals surface area contributed by atoms with Crippen LogP contribution in [0.15, 0.2) is 24.5 Å². The van der Waals surface area contributed by atoms with Crippen LogP contribution in [0.5, 0.6) is 0 Å². The van der Waals surface area contributed by atoms with Gasteiger partial charge in [0.15, 0.2) is 0 Å². The highest BCUT2D eigenvalue weighted by Gasteiger charge is 2.29. The number of nitrogens with zero attached hydrogens (tertiary/aromatic N) is 1. The smallest absolute Gasteiger partial charge is 0.0978 e. The van der Waals surface area contributed by atoms with E-state index >= 15 is 0 Å². The highest BCUT2D eigenvalue weighted by molar-refractivity contribution is 7.99. The monoisotopic (exact) mass is 278 g/mol. The van der Waals surface area contributed by atoms with Crippen molar-refractivity contribution in [1.29, 1.82) is 0 Å². The van der Waals surface area contributed by atoms with Crippen LogP contribution in [0, 0.1) is 0 Å². The van der Waals surface area contributed by atoms with Crippen molar-refractivity contribution in [1.82, 2.24) is 10.3 Å². The molecule has 104 valence electrons. The van der Waals surface area contributed by atoms with E-state index in [2.05, 4.69) is 34.2 Å². The Morgan fingerprint density at radius 3 is 2.89 bits per heavy atom. The van der Waals surface area contributed by atoms with Crippen LogP contribution in [0.3, 0.4) is 0 Å². The Bertz CT molecular complexity index is 381. The maximum atomic E-state index is 6.02. The molecule has 2 fully saturated rings. The molecule has 0 bridgehead atoms. The second kappa shape index (κ2) is 6.73. The van der Waals surface area contributed by atoms with Crippen LogP contribution >= 0.6 is 11.8 Å².